The number of piperidine rings is 1. The molecule has 3 aromatic heterocycles. The Bertz CT molecular complexity index is 1440. The molecule has 0 radical (unpaired) electrons. The van der Waals surface area contributed by atoms with Gasteiger partial charge in [0.1, 0.15) is 11.5 Å². The molecule has 1 saturated carbocycles. The van der Waals surface area contributed by atoms with Crippen LogP contribution in [0.2, 0.25) is 0 Å². The maximum Gasteiger partial charge on any atom is 0.263 e. The number of pyridine rings is 2. The molecule has 212 valence electrons. The molecule has 2 saturated heterocycles. The van der Waals surface area contributed by atoms with Crippen LogP contribution in [-0.4, -0.2) is 75.0 Å². The molecule has 3 aliphatic rings. The lowest BCUT2D eigenvalue weighted by atomic mass is 10.0. The molecule has 1 aliphatic carbocycles. The lowest BCUT2D eigenvalue weighted by molar-refractivity contribution is 0.101. The van der Waals surface area contributed by atoms with E-state index in [0.29, 0.717) is 35.1 Å². The zero-order valence-corrected chi connectivity index (χ0v) is 23.8. The number of carbonyl (C=O) groups excluding carboxylic acids is 1. The monoisotopic (exact) mass is 544 g/mol. The Labute approximate surface area is 235 Å². The predicted octanol–water partition coefficient (Wildman–Crippen LogP) is 3.82. The molecule has 3 fully saturated rings. The van der Waals surface area contributed by atoms with E-state index in [4.69, 9.17) is 4.98 Å². The van der Waals surface area contributed by atoms with Crippen molar-refractivity contribution in [3.63, 3.8) is 0 Å². The highest BCUT2D eigenvalue weighted by Gasteiger charge is 2.30. The van der Waals surface area contributed by atoms with E-state index in [1.807, 2.05) is 19.2 Å². The summed E-state index contributed by atoms with van der Waals surface area (Å²) in [7, 11) is 0. The third-order valence-corrected chi connectivity index (χ3v) is 9.05. The van der Waals surface area contributed by atoms with E-state index in [1.165, 1.54) is 19.8 Å². The van der Waals surface area contributed by atoms with Gasteiger partial charge in [0.25, 0.3) is 5.56 Å². The van der Waals surface area contributed by atoms with Gasteiger partial charge in [0.15, 0.2) is 5.78 Å². The van der Waals surface area contributed by atoms with Crippen molar-refractivity contribution in [3.8, 4) is 0 Å². The number of nitrogens with one attached hydrogen (secondary N) is 2. The van der Waals surface area contributed by atoms with Crippen molar-refractivity contribution in [2.75, 3.05) is 42.9 Å². The topological polar surface area (TPSA) is 108 Å². The number of aromatic nitrogens is 4. The fraction of sp³-hybridized carbons (Fsp3) is 0.567. The normalized spacial score (nSPS) is 21.3. The number of piperazine rings is 1. The van der Waals surface area contributed by atoms with Gasteiger partial charge in [0.2, 0.25) is 5.95 Å². The van der Waals surface area contributed by atoms with Crippen LogP contribution in [0.5, 0.6) is 0 Å². The quantitative estimate of drug-likeness (QED) is 0.448. The summed E-state index contributed by atoms with van der Waals surface area (Å²) in [5, 5.41) is 7.44. The van der Waals surface area contributed by atoms with Crippen molar-refractivity contribution in [1.82, 2.24) is 29.7 Å². The average molecular weight is 545 g/mol. The van der Waals surface area contributed by atoms with Crippen molar-refractivity contribution in [3.05, 3.63) is 46.0 Å². The van der Waals surface area contributed by atoms with Crippen molar-refractivity contribution in [2.45, 2.75) is 77.4 Å². The van der Waals surface area contributed by atoms with Gasteiger partial charge in [0.05, 0.1) is 17.4 Å². The first-order valence-electron chi connectivity index (χ1n) is 14.8. The van der Waals surface area contributed by atoms with E-state index in [9.17, 15) is 9.59 Å². The summed E-state index contributed by atoms with van der Waals surface area (Å²) in [4.78, 5) is 44.9. The Morgan fingerprint density at radius 2 is 1.80 bits per heavy atom. The zero-order valence-electron chi connectivity index (χ0n) is 23.8. The maximum atomic E-state index is 13.5. The van der Waals surface area contributed by atoms with Crippen molar-refractivity contribution < 1.29 is 4.79 Å². The number of anilines is 3. The summed E-state index contributed by atoms with van der Waals surface area (Å²) in [6, 6.07) is 5.23. The number of nitrogens with zero attached hydrogens (tertiary/aromatic N) is 6. The summed E-state index contributed by atoms with van der Waals surface area (Å²) in [5.41, 5.74) is 2.33. The first-order chi connectivity index (χ1) is 19.4. The Hall–Kier alpha value is -3.37. The number of Topliss-reactive ketones (excluding diaryl/α,β-unsaturated/α-hetero) is 1. The first kappa shape index (κ1) is 26.8. The second kappa shape index (κ2) is 11.2. The Morgan fingerprint density at radius 3 is 2.48 bits per heavy atom. The van der Waals surface area contributed by atoms with Crippen LogP contribution in [-0.2, 0) is 0 Å². The van der Waals surface area contributed by atoms with Crippen LogP contribution in [0.4, 0.5) is 17.5 Å². The van der Waals surface area contributed by atoms with Crippen molar-refractivity contribution >= 4 is 34.3 Å². The lowest BCUT2D eigenvalue weighted by Gasteiger charge is -2.45. The van der Waals surface area contributed by atoms with Crippen LogP contribution in [0, 0.1) is 6.92 Å². The van der Waals surface area contributed by atoms with Crippen molar-refractivity contribution in [2.24, 2.45) is 0 Å². The van der Waals surface area contributed by atoms with Crippen LogP contribution < -0.4 is 21.1 Å². The highest BCUT2D eigenvalue weighted by Crippen LogP contribution is 2.32. The summed E-state index contributed by atoms with van der Waals surface area (Å²) < 4.78 is 1.74. The smallest absolute Gasteiger partial charge is 0.263 e. The SMILES string of the molecule is CC(=O)c1c(C)c2cnc(Nc3ccc(N4CCN(C5CCNCC5)C[C@@H]4C)cn3)nc2n(C2CCCC2)c1=O. The number of aryl methyl sites for hydroxylation is 1. The third kappa shape index (κ3) is 5.10. The molecule has 6 rings (SSSR count). The molecule has 10 nitrogen and oxygen atoms in total. The second-order valence-corrected chi connectivity index (χ2v) is 11.6. The summed E-state index contributed by atoms with van der Waals surface area (Å²) >= 11 is 0. The molecule has 2 aliphatic heterocycles. The van der Waals surface area contributed by atoms with Crippen molar-refractivity contribution in [1.29, 1.82) is 0 Å². The average Bonchev–Trinajstić information content (AvgIpc) is 3.48. The lowest BCUT2D eigenvalue weighted by Crippen LogP contribution is -2.56. The van der Waals surface area contributed by atoms with Gasteiger partial charge in [-0.1, -0.05) is 12.8 Å². The Kier molecular flexibility index (Phi) is 7.55. The van der Waals surface area contributed by atoms with Crippen LogP contribution in [0.25, 0.3) is 11.0 Å². The van der Waals surface area contributed by atoms with E-state index in [1.54, 1.807) is 10.8 Å². The number of carbonyl (C=O) groups is 1. The maximum absolute atomic E-state index is 13.5. The van der Waals surface area contributed by atoms with Gasteiger partial charge in [0, 0.05) is 49.3 Å². The molecule has 3 aromatic rings. The second-order valence-electron chi connectivity index (χ2n) is 11.6. The standard InChI is InChI=1S/C30H40N8O2/c1-19-18-36(22-10-12-31-13-11-22)14-15-37(19)24-8-9-26(32-16-24)34-30-33-17-25-20(2)27(21(3)39)29(40)38(28(25)35-30)23-6-4-5-7-23/h8-9,16-17,19,22-23,31H,4-7,10-15,18H2,1-3H3,(H,32,33,34,35)/t19-/m0/s1. The number of ketones is 1. The first-order valence-corrected chi connectivity index (χ1v) is 14.8. The van der Waals surface area contributed by atoms with Crippen LogP contribution in [0.3, 0.4) is 0 Å². The summed E-state index contributed by atoms with van der Waals surface area (Å²) in [6.45, 7) is 10.9. The molecule has 0 amide bonds. The molecular formula is C30H40N8O2. The van der Waals surface area contributed by atoms with Gasteiger partial charge in [-0.25, -0.2) is 9.97 Å². The largest absolute Gasteiger partial charge is 0.365 e. The van der Waals surface area contributed by atoms with E-state index in [2.05, 4.69) is 43.4 Å². The van der Waals surface area contributed by atoms with Gasteiger partial charge < -0.3 is 15.5 Å². The van der Waals surface area contributed by atoms with Crippen LogP contribution in [0.15, 0.2) is 29.3 Å². The fourth-order valence-corrected chi connectivity index (χ4v) is 6.93. The van der Waals surface area contributed by atoms with E-state index in [-0.39, 0.29) is 22.9 Å². The number of rotatable bonds is 6. The molecule has 0 bridgehead atoms. The van der Waals surface area contributed by atoms with Crippen LogP contribution in [0.1, 0.15) is 74.3 Å². The third-order valence-electron chi connectivity index (χ3n) is 9.05. The van der Waals surface area contributed by atoms with Crippen LogP contribution >= 0.6 is 0 Å². The Balaban J connectivity index is 1.22. The molecule has 0 spiro atoms. The Morgan fingerprint density at radius 1 is 1.02 bits per heavy atom. The molecular weight excluding hydrogens is 504 g/mol. The van der Waals surface area contributed by atoms with Gasteiger partial charge in [-0.2, -0.15) is 4.98 Å². The van der Waals surface area contributed by atoms with Gasteiger partial charge in [-0.05, 0) is 77.2 Å². The molecule has 40 heavy (non-hydrogen) atoms. The number of fused-ring (bicyclic) bond motifs is 1. The van der Waals surface area contributed by atoms with E-state index >= 15 is 0 Å². The molecule has 1 atom stereocenters. The molecule has 0 aromatic carbocycles. The molecule has 0 unspecified atom stereocenters. The molecule has 10 heteroatoms. The minimum absolute atomic E-state index is 0.0473. The van der Waals surface area contributed by atoms with Gasteiger partial charge in [-0.3, -0.25) is 19.1 Å². The minimum Gasteiger partial charge on any atom is -0.365 e. The number of hydrogen-bond acceptors (Lipinski definition) is 9. The highest BCUT2D eigenvalue weighted by molar-refractivity contribution is 5.99. The van der Waals surface area contributed by atoms with E-state index in [0.717, 1.165) is 69.5 Å². The predicted molar refractivity (Wildman–Crippen MR) is 158 cm³/mol. The molecule has 2 N–H and O–H groups in total. The zero-order chi connectivity index (χ0) is 27.8. The fourth-order valence-electron chi connectivity index (χ4n) is 6.93. The summed E-state index contributed by atoms with van der Waals surface area (Å²) in [6.07, 6.45) is 10.1. The molecule has 5 heterocycles. The number of hydrogen-bond donors (Lipinski definition) is 2. The highest BCUT2D eigenvalue weighted by atomic mass is 16.1. The van der Waals surface area contributed by atoms with Gasteiger partial charge >= 0.3 is 0 Å². The summed E-state index contributed by atoms with van der Waals surface area (Å²) in [5.74, 6) is 0.818. The van der Waals surface area contributed by atoms with Gasteiger partial charge in [-0.15, -0.1) is 0 Å². The van der Waals surface area contributed by atoms with E-state index < -0.39 is 0 Å². The minimum atomic E-state index is -0.245.